The zero-order valence-electron chi connectivity index (χ0n) is 19.0. The average molecular weight is 436 g/mol. The highest BCUT2D eigenvalue weighted by Crippen LogP contribution is 2.33. The first-order chi connectivity index (χ1) is 15.6. The molecule has 2 fully saturated rings. The largest absolute Gasteiger partial charge is 0.495 e. The number of nitrogens with zero attached hydrogens (tertiary/aromatic N) is 2. The van der Waals surface area contributed by atoms with Gasteiger partial charge in [-0.05, 0) is 43.7 Å². The van der Waals surface area contributed by atoms with Crippen LogP contribution in [0, 0.1) is 5.92 Å². The van der Waals surface area contributed by atoms with Gasteiger partial charge in [0.05, 0.1) is 18.7 Å². The number of nitrogens with one attached hydrogen (secondary N) is 1. The first kappa shape index (κ1) is 22.3. The molecular weight excluding hydrogens is 402 g/mol. The zero-order valence-corrected chi connectivity index (χ0v) is 19.0. The van der Waals surface area contributed by atoms with E-state index < -0.39 is 5.92 Å². The lowest BCUT2D eigenvalue weighted by molar-refractivity contribution is -0.122. The van der Waals surface area contributed by atoms with Gasteiger partial charge in [0.15, 0.2) is 0 Å². The van der Waals surface area contributed by atoms with E-state index in [1.807, 2.05) is 42.5 Å². The molecule has 0 spiro atoms. The minimum Gasteiger partial charge on any atom is -0.495 e. The maximum absolute atomic E-state index is 13.1. The van der Waals surface area contributed by atoms with Crippen molar-refractivity contribution in [2.24, 2.45) is 5.92 Å². The van der Waals surface area contributed by atoms with E-state index in [0.717, 1.165) is 17.8 Å². The summed E-state index contributed by atoms with van der Waals surface area (Å²) in [6.45, 7) is 1.16. The van der Waals surface area contributed by atoms with Crippen molar-refractivity contribution >= 4 is 23.2 Å². The molecule has 6 nitrogen and oxygen atoms in total. The van der Waals surface area contributed by atoms with Gasteiger partial charge < -0.3 is 15.0 Å². The summed E-state index contributed by atoms with van der Waals surface area (Å²) >= 11 is 0. The van der Waals surface area contributed by atoms with Crippen molar-refractivity contribution in [2.75, 3.05) is 30.9 Å². The molecule has 1 atom stereocenters. The van der Waals surface area contributed by atoms with Gasteiger partial charge in [-0.1, -0.05) is 49.6 Å². The fraction of sp³-hybridized carbons (Fsp3) is 0.462. The number of carbonyl (C=O) groups is 2. The molecule has 0 bridgehead atoms. The third kappa shape index (κ3) is 4.96. The number of benzene rings is 2. The minimum atomic E-state index is -0.392. The number of ether oxygens (including phenoxy) is 1. The summed E-state index contributed by atoms with van der Waals surface area (Å²) in [5.74, 6) is 0.0815. The fourth-order valence-electron chi connectivity index (χ4n) is 4.90. The van der Waals surface area contributed by atoms with Crippen LogP contribution in [0.3, 0.4) is 0 Å². The second-order valence-corrected chi connectivity index (χ2v) is 8.93. The van der Waals surface area contributed by atoms with Crippen LogP contribution < -0.4 is 15.0 Å². The van der Waals surface area contributed by atoms with E-state index in [9.17, 15) is 9.59 Å². The number of rotatable bonds is 7. The number of hydrogen-bond donors (Lipinski definition) is 1. The Balaban J connectivity index is 1.43. The quantitative estimate of drug-likeness (QED) is 0.698. The van der Waals surface area contributed by atoms with Crippen LogP contribution in [0.15, 0.2) is 48.5 Å². The molecule has 0 aromatic heterocycles. The van der Waals surface area contributed by atoms with Crippen molar-refractivity contribution < 1.29 is 14.3 Å². The number of amides is 2. The Morgan fingerprint density at radius 3 is 2.59 bits per heavy atom. The van der Waals surface area contributed by atoms with Crippen LogP contribution in [0.2, 0.25) is 0 Å². The van der Waals surface area contributed by atoms with Gasteiger partial charge in [0, 0.05) is 31.2 Å². The molecule has 1 aliphatic heterocycles. The van der Waals surface area contributed by atoms with Gasteiger partial charge in [-0.3, -0.25) is 14.5 Å². The molecule has 1 saturated heterocycles. The van der Waals surface area contributed by atoms with E-state index >= 15 is 0 Å². The second-order valence-electron chi connectivity index (χ2n) is 8.93. The first-order valence-electron chi connectivity index (χ1n) is 11.6. The first-order valence-corrected chi connectivity index (χ1v) is 11.6. The summed E-state index contributed by atoms with van der Waals surface area (Å²) in [6, 6.07) is 16.0. The molecule has 1 N–H and O–H groups in total. The van der Waals surface area contributed by atoms with E-state index in [0.29, 0.717) is 24.0 Å². The Kier molecular flexibility index (Phi) is 7.10. The second kappa shape index (κ2) is 10.2. The number of hydrogen-bond acceptors (Lipinski definition) is 4. The maximum atomic E-state index is 13.1. The smallest absolute Gasteiger partial charge is 0.229 e. The number of carbonyl (C=O) groups excluding carboxylic acids is 2. The lowest BCUT2D eigenvalue weighted by Crippen LogP contribution is -2.33. The van der Waals surface area contributed by atoms with E-state index in [-0.39, 0.29) is 18.2 Å². The van der Waals surface area contributed by atoms with Crippen molar-refractivity contribution in [3.63, 3.8) is 0 Å². The van der Waals surface area contributed by atoms with Crippen LogP contribution in [-0.2, 0) is 16.1 Å². The monoisotopic (exact) mass is 435 g/mol. The van der Waals surface area contributed by atoms with Crippen LogP contribution in [0.25, 0.3) is 0 Å². The van der Waals surface area contributed by atoms with Crippen LogP contribution in [0.5, 0.6) is 5.75 Å². The van der Waals surface area contributed by atoms with Crippen molar-refractivity contribution in [3.8, 4) is 5.75 Å². The Morgan fingerprint density at radius 1 is 1.09 bits per heavy atom. The maximum Gasteiger partial charge on any atom is 0.229 e. The molecule has 1 heterocycles. The van der Waals surface area contributed by atoms with Gasteiger partial charge in [0.1, 0.15) is 5.75 Å². The van der Waals surface area contributed by atoms with Crippen LogP contribution in [0.1, 0.15) is 44.1 Å². The van der Waals surface area contributed by atoms with E-state index in [1.165, 1.54) is 32.1 Å². The molecule has 0 radical (unpaired) electrons. The molecule has 170 valence electrons. The van der Waals surface area contributed by atoms with Gasteiger partial charge in [0.2, 0.25) is 11.8 Å². The van der Waals surface area contributed by atoms with Crippen LogP contribution in [-0.4, -0.2) is 43.5 Å². The van der Waals surface area contributed by atoms with Gasteiger partial charge in [-0.2, -0.15) is 0 Å². The molecular formula is C26H33N3O3. The highest BCUT2D eigenvalue weighted by molar-refractivity contribution is 6.04. The molecule has 2 aromatic rings. The normalized spacial score (nSPS) is 19.4. The topological polar surface area (TPSA) is 61.9 Å². The van der Waals surface area contributed by atoms with Crippen LogP contribution in [0.4, 0.5) is 11.4 Å². The SMILES string of the molecule is COc1ccccc1N1C[C@H](C(=O)Nc2ccccc2CN(C)C2CCCCC2)CC1=O. The van der Waals surface area contributed by atoms with Gasteiger partial charge >= 0.3 is 0 Å². The van der Waals surface area contributed by atoms with Gasteiger partial charge in [-0.25, -0.2) is 0 Å². The standard InChI is InChI=1S/C26H33N3O3/c1-28(21-11-4-3-5-12-21)17-19-10-6-7-13-22(19)27-26(31)20-16-25(30)29(18-20)23-14-8-9-15-24(23)32-2/h6-10,13-15,20-21H,3-5,11-12,16-18H2,1-2H3,(H,27,31)/t20-/m1/s1. The van der Waals surface area contributed by atoms with Crippen LogP contribution >= 0.6 is 0 Å². The van der Waals surface area contributed by atoms with Crippen molar-refractivity contribution in [1.82, 2.24) is 4.90 Å². The molecule has 6 heteroatoms. The predicted molar refractivity (Wildman–Crippen MR) is 127 cm³/mol. The summed E-state index contributed by atoms with van der Waals surface area (Å²) in [5, 5.41) is 3.11. The van der Waals surface area contributed by atoms with Crippen molar-refractivity contribution in [1.29, 1.82) is 0 Å². The third-order valence-corrected chi connectivity index (χ3v) is 6.76. The Labute approximate surface area is 190 Å². The third-order valence-electron chi connectivity index (χ3n) is 6.76. The summed E-state index contributed by atoms with van der Waals surface area (Å²) in [4.78, 5) is 29.8. The Bertz CT molecular complexity index is 955. The molecule has 2 aliphatic rings. The summed E-state index contributed by atoms with van der Waals surface area (Å²) in [5.41, 5.74) is 2.66. The highest BCUT2D eigenvalue weighted by atomic mass is 16.5. The van der Waals surface area contributed by atoms with Gasteiger partial charge in [0.25, 0.3) is 0 Å². The van der Waals surface area contributed by atoms with Crippen molar-refractivity contribution in [3.05, 3.63) is 54.1 Å². The van der Waals surface area contributed by atoms with Gasteiger partial charge in [-0.15, -0.1) is 0 Å². The predicted octanol–water partition coefficient (Wildman–Crippen LogP) is 4.45. The molecule has 1 aliphatic carbocycles. The van der Waals surface area contributed by atoms with E-state index in [1.54, 1.807) is 12.0 Å². The molecule has 0 unspecified atom stereocenters. The highest BCUT2D eigenvalue weighted by Gasteiger charge is 2.36. The minimum absolute atomic E-state index is 0.0556. The Hall–Kier alpha value is -2.86. The lowest BCUT2D eigenvalue weighted by Gasteiger charge is -2.31. The number of para-hydroxylation sites is 3. The zero-order chi connectivity index (χ0) is 22.5. The molecule has 2 aromatic carbocycles. The van der Waals surface area contributed by atoms with E-state index in [4.69, 9.17) is 4.74 Å². The van der Waals surface area contributed by atoms with E-state index in [2.05, 4.69) is 23.3 Å². The summed E-state index contributed by atoms with van der Waals surface area (Å²) in [6.07, 6.45) is 6.62. The lowest BCUT2D eigenvalue weighted by atomic mass is 9.94. The molecule has 2 amide bonds. The summed E-state index contributed by atoms with van der Waals surface area (Å²) in [7, 11) is 3.76. The van der Waals surface area contributed by atoms with Crippen molar-refractivity contribution in [2.45, 2.75) is 51.1 Å². The molecule has 32 heavy (non-hydrogen) atoms. The average Bonchev–Trinajstić information content (AvgIpc) is 3.22. The summed E-state index contributed by atoms with van der Waals surface area (Å²) < 4.78 is 5.40. The molecule has 1 saturated carbocycles. The number of methoxy groups -OCH3 is 1. The Morgan fingerprint density at radius 2 is 1.81 bits per heavy atom. The number of anilines is 2. The molecule has 4 rings (SSSR count). The fourth-order valence-corrected chi connectivity index (χ4v) is 4.90.